The van der Waals surface area contributed by atoms with E-state index in [2.05, 4.69) is 6.92 Å². The molecule has 0 aliphatic rings. The zero-order chi connectivity index (χ0) is 16.0. The van der Waals surface area contributed by atoms with Crippen molar-refractivity contribution in [3.8, 4) is 0 Å². The predicted octanol–water partition coefficient (Wildman–Crippen LogP) is 6.60. The van der Waals surface area contributed by atoms with E-state index in [0.29, 0.717) is 4.88 Å². The van der Waals surface area contributed by atoms with Gasteiger partial charge in [-0.3, -0.25) is 0 Å². The van der Waals surface area contributed by atoms with Gasteiger partial charge >= 0.3 is 5.97 Å². The summed E-state index contributed by atoms with van der Waals surface area (Å²) < 4.78 is 5.45. The molecule has 22 heavy (non-hydrogen) atoms. The Balaban J connectivity index is 1.90. The third-order valence-electron chi connectivity index (χ3n) is 3.99. The molecule has 0 bridgehead atoms. The van der Waals surface area contributed by atoms with Crippen LogP contribution in [-0.4, -0.2) is 12.1 Å². The number of thiophene rings is 1. The van der Waals surface area contributed by atoms with Crippen molar-refractivity contribution in [3.05, 3.63) is 22.4 Å². The lowest BCUT2D eigenvalue weighted by Crippen LogP contribution is -2.14. The molecule has 1 aromatic rings. The second-order valence-electron chi connectivity index (χ2n) is 6.16. The van der Waals surface area contributed by atoms with Crippen molar-refractivity contribution in [1.29, 1.82) is 0 Å². The van der Waals surface area contributed by atoms with E-state index in [1.807, 2.05) is 24.4 Å². The van der Waals surface area contributed by atoms with Crippen LogP contribution in [0.3, 0.4) is 0 Å². The molecule has 0 aliphatic heterocycles. The number of carbonyl (C=O) groups is 1. The third-order valence-corrected chi connectivity index (χ3v) is 4.84. The van der Waals surface area contributed by atoms with Crippen LogP contribution in [0.5, 0.6) is 0 Å². The quantitative estimate of drug-likeness (QED) is 0.301. The number of hydrogen-bond donors (Lipinski definition) is 0. The summed E-state index contributed by atoms with van der Waals surface area (Å²) in [6, 6.07) is 3.70. The monoisotopic (exact) mass is 324 g/mol. The molecule has 2 nitrogen and oxygen atoms in total. The Kier molecular flexibility index (Phi) is 11.1. The highest BCUT2D eigenvalue weighted by molar-refractivity contribution is 7.11. The van der Waals surface area contributed by atoms with Crippen LogP contribution in [0, 0.1) is 0 Å². The third kappa shape index (κ3) is 9.24. The molecule has 0 aliphatic carbocycles. The van der Waals surface area contributed by atoms with Gasteiger partial charge in [0.2, 0.25) is 0 Å². The van der Waals surface area contributed by atoms with E-state index in [1.165, 1.54) is 69.1 Å². The van der Waals surface area contributed by atoms with Gasteiger partial charge in [-0.05, 0) is 31.2 Å². The number of carbonyl (C=O) groups excluding carboxylic acids is 1. The molecule has 0 aromatic carbocycles. The van der Waals surface area contributed by atoms with Crippen molar-refractivity contribution in [2.45, 2.75) is 90.6 Å². The summed E-state index contributed by atoms with van der Waals surface area (Å²) in [7, 11) is 0. The summed E-state index contributed by atoms with van der Waals surface area (Å²) in [5.74, 6) is -0.172. The average Bonchev–Trinajstić information content (AvgIpc) is 3.03. The van der Waals surface area contributed by atoms with Crippen LogP contribution in [0.1, 0.15) is 94.1 Å². The van der Waals surface area contributed by atoms with E-state index >= 15 is 0 Å². The lowest BCUT2D eigenvalue weighted by atomic mass is 10.0. The molecule has 126 valence electrons. The van der Waals surface area contributed by atoms with Gasteiger partial charge in [0.05, 0.1) is 6.10 Å². The maximum absolute atomic E-state index is 11.8. The van der Waals surface area contributed by atoms with Crippen molar-refractivity contribution in [2.75, 3.05) is 0 Å². The first-order valence-electron chi connectivity index (χ1n) is 8.98. The Morgan fingerprint density at radius 1 is 1.05 bits per heavy atom. The van der Waals surface area contributed by atoms with Crippen LogP contribution in [-0.2, 0) is 4.74 Å². The minimum Gasteiger partial charge on any atom is -0.458 e. The topological polar surface area (TPSA) is 26.3 Å². The van der Waals surface area contributed by atoms with Gasteiger partial charge in [0, 0.05) is 0 Å². The molecule has 0 radical (unpaired) electrons. The van der Waals surface area contributed by atoms with Crippen molar-refractivity contribution in [3.63, 3.8) is 0 Å². The maximum atomic E-state index is 11.8. The molecule has 1 heterocycles. The SMILES string of the molecule is CCCCCCCCCCCCC(C)OC(=O)c1cccs1. The highest BCUT2D eigenvalue weighted by Crippen LogP contribution is 2.15. The summed E-state index contributed by atoms with van der Waals surface area (Å²) >= 11 is 1.44. The lowest BCUT2D eigenvalue weighted by Gasteiger charge is -2.12. The second-order valence-corrected chi connectivity index (χ2v) is 7.11. The summed E-state index contributed by atoms with van der Waals surface area (Å²) in [6.45, 7) is 4.26. The second kappa shape index (κ2) is 12.7. The average molecular weight is 325 g/mol. The molecular formula is C19H32O2S. The molecule has 3 heteroatoms. The van der Waals surface area contributed by atoms with Crippen LogP contribution in [0.4, 0.5) is 0 Å². The minimum atomic E-state index is -0.172. The first kappa shape index (κ1) is 19.2. The van der Waals surface area contributed by atoms with Crippen LogP contribution in [0.2, 0.25) is 0 Å². The van der Waals surface area contributed by atoms with E-state index in [-0.39, 0.29) is 12.1 Å². The first-order chi connectivity index (χ1) is 10.7. The number of hydrogen-bond acceptors (Lipinski definition) is 3. The molecule has 1 aromatic heterocycles. The zero-order valence-corrected chi connectivity index (χ0v) is 15.1. The van der Waals surface area contributed by atoms with Gasteiger partial charge in [-0.25, -0.2) is 4.79 Å². The van der Waals surface area contributed by atoms with Crippen molar-refractivity contribution in [1.82, 2.24) is 0 Å². The van der Waals surface area contributed by atoms with E-state index < -0.39 is 0 Å². The molecule has 0 saturated heterocycles. The Labute approximate surface area is 140 Å². The molecule has 0 spiro atoms. The summed E-state index contributed by atoms with van der Waals surface area (Å²) in [4.78, 5) is 12.5. The van der Waals surface area contributed by atoms with E-state index in [1.54, 1.807) is 0 Å². The van der Waals surface area contributed by atoms with Gasteiger partial charge in [-0.2, -0.15) is 0 Å². The number of esters is 1. The molecule has 0 amide bonds. The summed E-state index contributed by atoms with van der Waals surface area (Å²) in [5.41, 5.74) is 0. The first-order valence-corrected chi connectivity index (χ1v) is 9.86. The number of unbranched alkanes of at least 4 members (excludes halogenated alkanes) is 9. The van der Waals surface area contributed by atoms with Crippen LogP contribution in [0.15, 0.2) is 17.5 Å². The Hall–Kier alpha value is -0.830. The molecule has 1 rings (SSSR count). The predicted molar refractivity (Wildman–Crippen MR) is 95.7 cm³/mol. The highest BCUT2D eigenvalue weighted by Gasteiger charge is 2.12. The van der Waals surface area contributed by atoms with Gasteiger partial charge in [0.15, 0.2) is 0 Å². The maximum Gasteiger partial charge on any atom is 0.348 e. The highest BCUT2D eigenvalue weighted by atomic mass is 32.1. The molecule has 0 fully saturated rings. The van der Waals surface area contributed by atoms with Crippen molar-refractivity contribution >= 4 is 17.3 Å². The molecule has 1 atom stereocenters. The largest absolute Gasteiger partial charge is 0.458 e. The fraction of sp³-hybridized carbons (Fsp3) is 0.737. The van der Waals surface area contributed by atoms with Crippen LogP contribution >= 0.6 is 11.3 Å². The van der Waals surface area contributed by atoms with Gasteiger partial charge in [0.25, 0.3) is 0 Å². The fourth-order valence-electron chi connectivity index (χ4n) is 2.61. The Morgan fingerprint density at radius 3 is 2.18 bits per heavy atom. The van der Waals surface area contributed by atoms with Crippen molar-refractivity contribution < 1.29 is 9.53 Å². The van der Waals surface area contributed by atoms with Gasteiger partial charge in [-0.15, -0.1) is 11.3 Å². The molecule has 0 N–H and O–H groups in total. The minimum absolute atomic E-state index is 0.0312. The number of ether oxygens (including phenoxy) is 1. The zero-order valence-electron chi connectivity index (χ0n) is 14.3. The van der Waals surface area contributed by atoms with Crippen molar-refractivity contribution in [2.24, 2.45) is 0 Å². The number of rotatable bonds is 13. The summed E-state index contributed by atoms with van der Waals surface area (Å²) in [5, 5.41) is 1.91. The Bertz CT molecular complexity index is 373. The van der Waals surface area contributed by atoms with Gasteiger partial charge in [0.1, 0.15) is 4.88 Å². The van der Waals surface area contributed by atoms with Gasteiger partial charge in [-0.1, -0.05) is 70.8 Å². The fourth-order valence-corrected chi connectivity index (χ4v) is 3.22. The van der Waals surface area contributed by atoms with E-state index in [0.717, 1.165) is 12.8 Å². The van der Waals surface area contributed by atoms with E-state index in [4.69, 9.17) is 4.74 Å². The molecule has 0 saturated carbocycles. The standard InChI is InChI=1S/C19H32O2S/c1-3-4-5-6-7-8-9-10-11-12-14-17(2)21-19(20)18-15-13-16-22-18/h13,15-17H,3-12,14H2,1-2H3. The normalized spacial score (nSPS) is 12.3. The summed E-state index contributed by atoms with van der Waals surface area (Å²) in [6.07, 6.45) is 14.4. The molecule has 1 unspecified atom stereocenters. The van der Waals surface area contributed by atoms with Gasteiger partial charge < -0.3 is 4.74 Å². The van der Waals surface area contributed by atoms with E-state index in [9.17, 15) is 4.79 Å². The smallest absolute Gasteiger partial charge is 0.348 e. The lowest BCUT2D eigenvalue weighted by molar-refractivity contribution is 0.0325. The van der Waals surface area contributed by atoms with Crippen LogP contribution in [0.25, 0.3) is 0 Å². The van der Waals surface area contributed by atoms with Crippen LogP contribution < -0.4 is 0 Å². The molecular weight excluding hydrogens is 292 g/mol. The Morgan fingerprint density at radius 2 is 1.64 bits per heavy atom.